The molecule has 0 saturated carbocycles. The number of pyridine rings is 1. The van der Waals surface area contributed by atoms with Crippen LogP contribution in [0.25, 0.3) is 44.1 Å². The largest absolute Gasteiger partial charge is 0.503 e. The van der Waals surface area contributed by atoms with Crippen LogP contribution in [0.3, 0.4) is 0 Å². The Morgan fingerprint density at radius 1 is 0.875 bits per heavy atom. The van der Waals surface area contributed by atoms with Gasteiger partial charge in [-0.3, -0.25) is 0 Å². The first-order valence-electron chi connectivity index (χ1n) is 10.3. The second kappa shape index (κ2) is 8.57. The Morgan fingerprint density at radius 2 is 1.66 bits per heavy atom. The number of halogens is 2. The van der Waals surface area contributed by atoms with E-state index in [1.807, 2.05) is 19.1 Å². The third kappa shape index (κ3) is 3.76. The molecule has 0 unspecified atom stereocenters. The van der Waals surface area contributed by atoms with Crippen molar-refractivity contribution in [1.82, 2.24) is 4.98 Å². The molecule has 5 heteroatoms. The second-order valence-corrected chi connectivity index (χ2v) is 9.25. The fraction of sp³-hybridized carbons (Fsp3) is 0.0741. The molecule has 0 spiro atoms. The monoisotopic (exact) mass is 547 g/mol. The van der Waals surface area contributed by atoms with Crippen molar-refractivity contribution < 1.29 is 9.84 Å². The van der Waals surface area contributed by atoms with Crippen molar-refractivity contribution in [3.05, 3.63) is 87.8 Å². The summed E-state index contributed by atoms with van der Waals surface area (Å²) in [6.45, 7) is 2.36. The lowest BCUT2D eigenvalue weighted by atomic mass is 9.94. The first-order chi connectivity index (χ1) is 15.5. The number of phenolic OH excluding ortho intramolecular Hbond substituents is 1. The summed E-state index contributed by atoms with van der Waals surface area (Å²) in [5.74, 6) is 0.526. The van der Waals surface area contributed by atoms with E-state index in [-0.39, 0.29) is 5.75 Å². The Hall–Kier alpha value is -2.89. The molecule has 0 fully saturated rings. The molecule has 1 N–H and O–H groups in total. The Balaban J connectivity index is 1.83. The fourth-order valence-electron chi connectivity index (χ4n) is 4.00. The van der Waals surface area contributed by atoms with Crippen LogP contribution in [0.4, 0.5) is 0 Å². The van der Waals surface area contributed by atoms with Crippen LogP contribution in [0.1, 0.15) is 6.92 Å². The number of nitrogens with zero attached hydrogens (tertiary/aromatic N) is 1. The summed E-state index contributed by atoms with van der Waals surface area (Å²) < 4.78 is 7.25. The molecule has 0 atom stereocenters. The SMILES string of the molecule is CCOc1cc(-c2cc(-c3ccc(Br)cc3)c3c(ccc4ccccc43)n2)cc(Br)c1O. The zero-order chi connectivity index (χ0) is 22.2. The Kier molecular flexibility index (Phi) is 5.62. The van der Waals surface area contributed by atoms with Gasteiger partial charge in [0.05, 0.1) is 22.3 Å². The van der Waals surface area contributed by atoms with Gasteiger partial charge in [-0.2, -0.15) is 0 Å². The molecule has 4 aromatic carbocycles. The molecule has 0 aliphatic carbocycles. The van der Waals surface area contributed by atoms with Crippen LogP contribution in [0.2, 0.25) is 0 Å². The van der Waals surface area contributed by atoms with Crippen molar-refractivity contribution in [2.24, 2.45) is 0 Å². The van der Waals surface area contributed by atoms with E-state index < -0.39 is 0 Å². The van der Waals surface area contributed by atoms with Crippen molar-refractivity contribution in [1.29, 1.82) is 0 Å². The van der Waals surface area contributed by atoms with Crippen LogP contribution in [0, 0.1) is 0 Å². The molecule has 158 valence electrons. The van der Waals surface area contributed by atoms with E-state index in [2.05, 4.69) is 98.6 Å². The second-order valence-electron chi connectivity index (χ2n) is 7.48. The van der Waals surface area contributed by atoms with E-state index in [1.54, 1.807) is 0 Å². The van der Waals surface area contributed by atoms with Gasteiger partial charge in [0.15, 0.2) is 11.5 Å². The van der Waals surface area contributed by atoms with Crippen molar-refractivity contribution in [2.75, 3.05) is 6.61 Å². The summed E-state index contributed by atoms with van der Waals surface area (Å²) in [7, 11) is 0. The third-order valence-corrected chi connectivity index (χ3v) is 6.61. The molecular formula is C27H19Br2NO2. The zero-order valence-corrected chi connectivity index (χ0v) is 20.4. The molecule has 0 radical (unpaired) electrons. The third-order valence-electron chi connectivity index (χ3n) is 5.48. The molecule has 5 rings (SSSR count). The Bertz CT molecular complexity index is 1460. The maximum absolute atomic E-state index is 10.4. The summed E-state index contributed by atoms with van der Waals surface area (Å²) in [6, 6.07) is 26.7. The quantitative estimate of drug-likeness (QED) is 0.229. The van der Waals surface area contributed by atoms with Gasteiger partial charge < -0.3 is 9.84 Å². The van der Waals surface area contributed by atoms with E-state index in [1.165, 1.54) is 10.8 Å². The molecule has 0 saturated heterocycles. The number of rotatable bonds is 4. The number of hydrogen-bond acceptors (Lipinski definition) is 3. The van der Waals surface area contributed by atoms with Crippen LogP contribution in [-0.4, -0.2) is 16.7 Å². The van der Waals surface area contributed by atoms with Crippen molar-refractivity contribution in [3.8, 4) is 33.9 Å². The predicted octanol–water partition coefficient (Wildman–Crippen LogP) is 8.35. The minimum Gasteiger partial charge on any atom is -0.503 e. The molecule has 3 nitrogen and oxygen atoms in total. The van der Waals surface area contributed by atoms with Gasteiger partial charge in [-0.1, -0.05) is 58.4 Å². The number of hydrogen-bond donors (Lipinski definition) is 1. The molecule has 32 heavy (non-hydrogen) atoms. The summed E-state index contributed by atoms with van der Waals surface area (Å²) in [4.78, 5) is 5.00. The van der Waals surface area contributed by atoms with E-state index in [0.29, 0.717) is 16.8 Å². The van der Waals surface area contributed by atoms with Gasteiger partial charge >= 0.3 is 0 Å². The molecule has 1 heterocycles. The van der Waals surface area contributed by atoms with E-state index in [4.69, 9.17) is 9.72 Å². The molecular weight excluding hydrogens is 530 g/mol. The summed E-state index contributed by atoms with van der Waals surface area (Å²) >= 11 is 7.00. The highest BCUT2D eigenvalue weighted by Gasteiger charge is 2.16. The van der Waals surface area contributed by atoms with Gasteiger partial charge in [0.2, 0.25) is 0 Å². The maximum Gasteiger partial charge on any atom is 0.172 e. The molecule has 0 aliphatic rings. The van der Waals surface area contributed by atoms with Crippen molar-refractivity contribution in [2.45, 2.75) is 6.92 Å². The van der Waals surface area contributed by atoms with Crippen LogP contribution in [-0.2, 0) is 0 Å². The molecule has 0 aliphatic heterocycles. The average Bonchev–Trinajstić information content (AvgIpc) is 2.81. The van der Waals surface area contributed by atoms with Crippen LogP contribution < -0.4 is 4.74 Å². The standard InChI is InChI=1S/C27H19Br2NO2/c1-2-32-25-14-18(13-22(29)27(25)31)24-15-21(17-7-10-19(28)11-8-17)26-20-6-4-3-5-16(20)9-12-23(26)30-24/h3-15,31H,2H2,1H3. The van der Waals surface area contributed by atoms with Crippen molar-refractivity contribution in [3.63, 3.8) is 0 Å². The van der Waals surface area contributed by atoms with Gasteiger partial charge in [-0.25, -0.2) is 4.98 Å². The van der Waals surface area contributed by atoms with Gasteiger partial charge in [-0.15, -0.1) is 0 Å². The summed E-state index contributed by atoms with van der Waals surface area (Å²) in [5, 5.41) is 13.8. The minimum absolute atomic E-state index is 0.0931. The number of benzene rings is 4. The lowest BCUT2D eigenvalue weighted by Crippen LogP contribution is -1.95. The number of aromatic hydroxyl groups is 1. The lowest BCUT2D eigenvalue weighted by molar-refractivity contribution is 0.317. The highest BCUT2D eigenvalue weighted by Crippen LogP contribution is 2.41. The minimum atomic E-state index is 0.0931. The number of fused-ring (bicyclic) bond motifs is 3. The predicted molar refractivity (Wildman–Crippen MR) is 138 cm³/mol. The van der Waals surface area contributed by atoms with E-state index in [9.17, 15) is 5.11 Å². The molecule has 5 aromatic rings. The van der Waals surface area contributed by atoms with Crippen LogP contribution >= 0.6 is 31.9 Å². The Morgan fingerprint density at radius 3 is 2.44 bits per heavy atom. The molecule has 0 bridgehead atoms. The highest BCUT2D eigenvalue weighted by atomic mass is 79.9. The average molecular weight is 549 g/mol. The van der Waals surface area contributed by atoms with E-state index in [0.717, 1.165) is 37.8 Å². The molecule has 1 aromatic heterocycles. The Labute approximate surface area is 203 Å². The smallest absolute Gasteiger partial charge is 0.172 e. The van der Waals surface area contributed by atoms with Crippen LogP contribution in [0.5, 0.6) is 11.5 Å². The van der Waals surface area contributed by atoms with Crippen molar-refractivity contribution >= 4 is 53.5 Å². The topological polar surface area (TPSA) is 42.4 Å². The fourth-order valence-corrected chi connectivity index (χ4v) is 4.71. The van der Waals surface area contributed by atoms with Gasteiger partial charge in [0, 0.05) is 15.4 Å². The van der Waals surface area contributed by atoms with Gasteiger partial charge in [0.25, 0.3) is 0 Å². The van der Waals surface area contributed by atoms with Gasteiger partial charge in [0.1, 0.15) is 0 Å². The number of ether oxygens (including phenoxy) is 1. The number of aromatic nitrogens is 1. The van der Waals surface area contributed by atoms with E-state index >= 15 is 0 Å². The van der Waals surface area contributed by atoms with Gasteiger partial charge in [-0.05, 0) is 81.2 Å². The zero-order valence-electron chi connectivity index (χ0n) is 17.3. The first-order valence-corrected chi connectivity index (χ1v) is 11.9. The summed E-state index contributed by atoms with van der Waals surface area (Å²) in [5.41, 5.74) is 4.82. The summed E-state index contributed by atoms with van der Waals surface area (Å²) in [6.07, 6.45) is 0. The maximum atomic E-state index is 10.4. The molecule has 0 amide bonds. The normalized spacial score (nSPS) is 11.2. The highest BCUT2D eigenvalue weighted by molar-refractivity contribution is 9.10. The lowest BCUT2D eigenvalue weighted by Gasteiger charge is -2.15. The number of phenols is 1. The first kappa shape index (κ1) is 21.0. The van der Waals surface area contributed by atoms with Crippen LogP contribution in [0.15, 0.2) is 87.8 Å².